The average Bonchev–Trinajstić information content (AvgIpc) is 2.89. The smallest absolute Gasteiger partial charge is 0.242 e. The maximum absolute atomic E-state index is 5.76. The first-order valence-electron chi connectivity index (χ1n) is 9.56. The molecule has 24 heavy (non-hydrogen) atoms. The Morgan fingerprint density at radius 3 is 2.00 bits per heavy atom. The van der Waals surface area contributed by atoms with Crippen molar-refractivity contribution in [2.24, 2.45) is 5.73 Å². The van der Waals surface area contributed by atoms with Gasteiger partial charge >= 0.3 is 0 Å². The van der Waals surface area contributed by atoms with E-state index in [4.69, 9.17) is 5.73 Å². The summed E-state index contributed by atoms with van der Waals surface area (Å²) in [4.78, 5) is 13.4. The molecule has 3 rings (SSSR count). The van der Waals surface area contributed by atoms with E-state index in [-0.39, 0.29) is 0 Å². The third kappa shape index (κ3) is 5.27. The van der Waals surface area contributed by atoms with Crippen LogP contribution in [-0.4, -0.2) is 27.0 Å². The lowest BCUT2D eigenvalue weighted by Gasteiger charge is -2.23. The molecule has 2 aliphatic rings. The van der Waals surface area contributed by atoms with Crippen LogP contribution in [-0.2, 0) is 6.54 Å². The van der Waals surface area contributed by atoms with E-state index in [1.54, 1.807) is 0 Å². The van der Waals surface area contributed by atoms with Gasteiger partial charge in [0.2, 0.25) is 11.9 Å². The second-order valence-electron chi connectivity index (χ2n) is 7.04. The van der Waals surface area contributed by atoms with Gasteiger partial charge in [0.05, 0.1) is 6.54 Å². The van der Waals surface area contributed by atoms with E-state index in [1.165, 1.54) is 70.6 Å². The molecule has 0 unspecified atom stereocenters. The maximum Gasteiger partial charge on any atom is 0.242 e. The van der Waals surface area contributed by atoms with Crippen LogP contribution in [0.3, 0.4) is 0 Å². The number of anilines is 2. The van der Waals surface area contributed by atoms with Gasteiger partial charge in [0.1, 0.15) is 5.82 Å². The van der Waals surface area contributed by atoms with E-state index >= 15 is 0 Å². The molecule has 0 radical (unpaired) electrons. The summed E-state index contributed by atoms with van der Waals surface area (Å²) in [6.07, 6.45) is 13.9. The molecule has 1 heterocycles. The zero-order chi connectivity index (χ0) is 16.6. The molecule has 2 fully saturated rings. The highest BCUT2D eigenvalue weighted by Crippen LogP contribution is 2.20. The second kappa shape index (κ2) is 9.13. The fraction of sp³-hybridized carbons (Fsp3) is 0.824. The number of hydrazine groups is 1. The highest BCUT2D eigenvalue weighted by atomic mass is 15.4. The van der Waals surface area contributed by atoms with Crippen molar-refractivity contribution in [3.05, 3.63) is 5.82 Å². The SMILES string of the molecule is NCc1nc(NNC2CCCCC2)nc(NC2CCCCCC2)n1. The standard InChI is InChI=1S/C17H31N7/c18-12-15-20-16(19-13-8-4-1-2-5-9-13)22-17(21-15)24-23-14-10-6-3-7-11-14/h13-14,23H,1-12,18H2,(H2,19,20,21,22,24). The Balaban J connectivity index is 1.60. The number of aromatic nitrogens is 3. The van der Waals surface area contributed by atoms with Crippen molar-refractivity contribution in [3.8, 4) is 0 Å². The van der Waals surface area contributed by atoms with Crippen LogP contribution in [0.25, 0.3) is 0 Å². The summed E-state index contributed by atoms with van der Waals surface area (Å²) < 4.78 is 0. The molecule has 0 bridgehead atoms. The molecule has 0 atom stereocenters. The molecule has 5 N–H and O–H groups in total. The third-order valence-electron chi connectivity index (χ3n) is 5.05. The van der Waals surface area contributed by atoms with Crippen LogP contribution in [0.1, 0.15) is 76.5 Å². The fourth-order valence-corrected chi connectivity index (χ4v) is 3.65. The van der Waals surface area contributed by atoms with Crippen molar-refractivity contribution in [2.45, 2.75) is 89.3 Å². The van der Waals surface area contributed by atoms with Crippen molar-refractivity contribution in [3.63, 3.8) is 0 Å². The Hall–Kier alpha value is -1.47. The molecule has 2 aliphatic carbocycles. The molecular formula is C17H31N7. The lowest BCUT2D eigenvalue weighted by Crippen LogP contribution is -2.36. The number of nitrogens with two attached hydrogens (primary N) is 1. The first kappa shape index (κ1) is 17.4. The topological polar surface area (TPSA) is 101 Å². The van der Waals surface area contributed by atoms with Gasteiger partial charge in [0.15, 0.2) is 0 Å². The second-order valence-corrected chi connectivity index (χ2v) is 7.04. The molecule has 0 aromatic carbocycles. The van der Waals surface area contributed by atoms with Crippen LogP contribution in [0.15, 0.2) is 0 Å². The van der Waals surface area contributed by atoms with Crippen molar-refractivity contribution in [2.75, 3.05) is 10.7 Å². The maximum atomic E-state index is 5.76. The van der Waals surface area contributed by atoms with Crippen molar-refractivity contribution in [1.29, 1.82) is 0 Å². The van der Waals surface area contributed by atoms with Gasteiger partial charge in [-0.1, -0.05) is 44.9 Å². The molecule has 1 aromatic rings. The van der Waals surface area contributed by atoms with E-state index in [9.17, 15) is 0 Å². The normalized spacial score (nSPS) is 20.5. The van der Waals surface area contributed by atoms with Gasteiger partial charge in [-0.25, -0.2) is 5.43 Å². The lowest BCUT2D eigenvalue weighted by atomic mass is 9.96. The Labute approximate surface area is 144 Å². The predicted octanol–water partition coefficient (Wildman–Crippen LogP) is 2.71. The Morgan fingerprint density at radius 2 is 1.33 bits per heavy atom. The van der Waals surface area contributed by atoms with Gasteiger partial charge in [-0.3, -0.25) is 5.43 Å². The summed E-state index contributed by atoms with van der Waals surface area (Å²) in [5, 5.41) is 3.49. The minimum Gasteiger partial charge on any atom is -0.351 e. The summed E-state index contributed by atoms with van der Waals surface area (Å²) in [6, 6.07) is 0.954. The first-order valence-corrected chi connectivity index (χ1v) is 9.56. The number of hydrogen-bond donors (Lipinski definition) is 4. The average molecular weight is 333 g/mol. The van der Waals surface area contributed by atoms with E-state index in [0.717, 1.165) is 0 Å². The highest BCUT2D eigenvalue weighted by molar-refractivity contribution is 5.34. The van der Waals surface area contributed by atoms with Gasteiger partial charge in [-0.05, 0) is 25.7 Å². The summed E-state index contributed by atoms with van der Waals surface area (Å²) in [5.41, 5.74) is 12.3. The van der Waals surface area contributed by atoms with E-state index in [1.807, 2.05) is 0 Å². The molecule has 1 aromatic heterocycles. The number of nitrogens with zero attached hydrogens (tertiary/aromatic N) is 3. The summed E-state index contributed by atoms with van der Waals surface area (Å²) in [7, 11) is 0. The van der Waals surface area contributed by atoms with Crippen molar-refractivity contribution < 1.29 is 0 Å². The van der Waals surface area contributed by atoms with Crippen LogP contribution >= 0.6 is 0 Å². The quantitative estimate of drug-likeness (QED) is 0.469. The molecule has 0 spiro atoms. The predicted molar refractivity (Wildman–Crippen MR) is 96.5 cm³/mol. The number of rotatable bonds is 6. The zero-order valence-electron chi connectivity index (χ0n) is 14.6. The van der Waals surface area contributed by atoms with Crippen LogP contribution in [0, 0.1) is 0 Å². The van der Waals surface area contributed by atoms with Crippen LogP contribution in [0.2, 0.25) is 0 Å². The Bertz CT molecular complexity index is 494. The first-order chi connectivity index (χ1) is 11.8. The van der Waals surface area contributed by atoms with Gasteiger partial charge < -0.3 is 11.1 Å². The van der Waals surface area contributed by atoms with E-state index in [0.29, 0.717) is 36.3 Å². The zero-order valence-corrected chi connectivity index (χ0v) is 14.6. The van der Waals surface area contributed by atoms with Gasteiger partial charge in [-0.2, -0.15) is 15.0 Å². The molecule has 0 aliphatic heterocycles. The Kier molecular flexibility index (Phi) is 6.60. The van der Waals surface area contributed by atoms with Gasteiger partial charge in [0, 0.05) is 12.1 Å². The highest BCUT2D eigenvalue weighted by Gasteiger charge is 2.16. The molecular weight excluding hydrogens is 302 g/mol. The molecule has 2 saturated carbocycles. The molecule has 0 saturated heterocycles. The van der Waals surface area contributed by atoms with Crippen molar-refractivity contribution in [1.82, 2.24) is 20.4 Å². The Morgan fingerprint density at radius 1 is 0.750 bits per heavy atom. The minimum absolute atomic E-state index is 0.319. The third-order valence-corrected chi connectivity index (χ3v) is 5.05. The lowest BCUT2D eigenvalue weighted by molar-refractivity contribution is 0.391. The fourth-order valence-electron chi connectivity index (χ4n) is 3.65. The summed E-state index contributed by atoms with van der Waals surface area (Å²) >= 11 is 0. The van der Waals surface area contributed by atoms with E-state index < -0.39 is 0 Å². The largest absolute Gasteiger partial charge is 0.351 e. The molecule has 7 heteroatoms. The van der Waals surface area contributed by atoms with Gasteiger partial charge in [-0.15, -0.1) is 0 Å². The number of nitrogens with one attached hydrogen (secondary N) is 3. The summed E-state index contributed by atoms with van der Waals surface area (Å²) in [6.45, 7) is 0.319. The monoisotopic (exact) mass is 333 g/mol. The van der Waals surface area contributed by atoms with E-state index in [2.05, 4.69) is 31.1 Å². The minimum atomic E-state index is 0.319. The summed E-state index contributed by atoms with van der Waals surface area (Å²) in [5.74, 6) is 1.83. The molecule has 0 amide bonds. The van der Waals surface area contributed by atoms with Crippen LogP contribution < -0.4 is 21.9 Å². The van der Waals surface area contributed by atoms with Crippen LogP contribution in [0.4, 0.5) is 11.9 Å². The van der Waals surface area contributed by atoms with Crippen LogP contribution in [0.5, 0.6) is 0 Å². The number of hydrogen-bond acceptors (Lipinski definition) is 7. The van der Waals surface area contributed by atoms with Crippen molar-refractivity contribution >= 4 is 11.9 Å². The molecule has 7 nitrogen and oxygen atoms in total. The molecule has 134 valence electrons. The van der Waals surface area contributed by atoms with Gasteiger partial charge in [0.25, 0.3) is 0 Å².